The summed E-state index contributed by atoms with van der Waals surface area (Å²) in [6, 6.07) is 3.43. The van der Waals surface area contributed by atoms with Gasteiger partial charge in [-0.3, -0.25) is 4.98 Å². The highest BCUT2D eigenvalue weighted by atomic mass is 19.3. The van der Waals surface area contributed by atoms with Crippen molar-refractivity contribution in [3.05, 3.63) is 24.0 Å². The van der Waals surface area contributed by atoms with Crippen molar-refractivity contribution in [2.45, 2.75) is 51.1 Å². The first-order chi connectivity index (χ1) is 9.08. The average Bonchev–Trinajstić information content (AvgIpc) is 2.35. The smallest absolute Gasteiger partial charge is 0.345 e. The molecule has 1 aliphatic carbocycles. The number of halogens is 2. The third-order valence-corrected chi connectivity index (χ3v) is 3.14. The monoisotopic (exact) mass is 273 g/mol. The third kappa shape index (κ3) is 3.84. The number of ether oxygens (including phenoxy) is 2. The first kappa shape index (κ1) is 14.1. The van der Waals surface area contributed by atoms with Gasteiger partial charge in [0.15, 0.2) is 0 Å². The normalized spacial score (nSPS) is 24.1. The highest BCUT2D eigenvalue weighted by Gasteiger charge is 2.33. The van der Waals surface area contributed by atoms with Crippen molar-refractivity contribution in [1.82, 2.24) is 4.98 Å². The summed E-state index contributed by atoms with van der Waals surface area (Å²) < 4.78 is 33.8. The third-order valence-electron chi connectivity index (χ3n) is 3.14. The molecule has 0 spiro atoms. The van der Waals surface area contributed by atoms with Crippen molar-refractivity contribution in [2.75, 3.05) is 0 Å². The average molecular weight is 273 g/mol. The molecule has 0 aliphatic heterocycles. The lowest BCUT2D eigenvalue weighted by Gasteiger charge is -2.34. The minimum atomic E-state index is -2.72. The summed E-state index contributed by atoms with van der Waals surface area (Å²) in [5.74, 6) is 0.576. The van der Waals surface area contributed by atoms with Crippen LogP contribution in [0.15, 0.2) is 18.3 Å². The molecule has 1 aromatic rings. The van der Waals surface area contributed by atoms with Gasteiger partial charge in [-0.2, -0.15) is 8.78 Å². The van der Waals surface area contributed by atoms with E-state index in [0.717, 1.165) is 0 Å². The zero-order chi connectivity index (χ0) is 13.8. The van der Waals surface area contributed by atoms with Crippen LogP contribution in [0.2, 0.25) is 0 Å². The Morgan fingerprint density at radius 2 is 2.11 bits per heavy atom. The fraction of sp³-hybridized carbons (Fsp3) is 0.615. The summed E-state index contributed by atoms with van der Waals surface area (Å²) in [5.41, 5.74) is 0.599. The van der Waals surface area contributed by atoms with E-state index >= 15 is 0 Å². The van der Waals surface area contributed by atoms with Gasteiger partial charge in [0.25, 0.3) is 0 Å². The molecule has 0 saturated heterocycles. The molecule has 19 heavy (non-hydrogen) atoms. The Morgan fingerprint density at radius 3 is 2.63 bits per heavy atom. The number of rotatable bonds is 6. The SMILES string of the molecule is CC[C@H](O)c1ccc(OC2CC(OC(F)F)C2)cn1. The second-order valence-electron chi connectivity index (χ2n) is 4.57. The molecular weight excluding hydrogens is 256 g/mol. The topological polar surface area (TPSA) is 51.6 Å². The maximum atomic E-state index is 11.9. The number of pyridine rings is 1. The van der Waals surface area contributed by atoms with Crippen molar-refractivity contribution in [3.63, 3.8) is 0 Å². The lowest BCUT2D eigenvalue weighted by Crippen LogP contribution is -2.40. The van der Waals surface area contributed by atoms with Crippen LogP contribution in [0.3, 0.4) is 0 Å². The largest absolute Gasteiger partial charge is 0.489 e. The van der Waals surface area contributed by atoms with E-state index in [9.17, 15) is 13.9 Å². The van der Waals surface area contributed by atoms with Crippen LogP contribution in [0.25, 0.3) is 0 Å². The molecule has 4 nitrogen and oxygen atoms in total. The van der Waals surface area contributed by atoms with Crippen LogP contribution >= 0.6 is 0 Å². The fourth-order valence-corrected chi connectivity index (χ4v) is 1.93. The van der Waals surface area contributed by atoms with Crippen LogP contribution in [0, 0.1) is 0 Å². The second kappa shape index (κ2) is 6.25. The number of hydrogen-bond donors (Lipinski definition) is 1. The number of aromatic nitrogens is 1. The maximum absolute atomic E-state index is 11.9. The highest BCUT2D eigenvalue weighted by Crippen LogP contribution is 2.29. The van der Waals surface area contributed by atoms with Crippen LogP contribution < -0.4 is 4.74 Å². The highest BCUT2D eigenvalue weighted by molar-refractivity contribution is 5.21. The molecule has 2 rings (SSSR count). The summed E-state index contributed by atoms with van der Waals surface area (Å²) in [6.07, 6.45) is 1.97. The Kier molecular flexibility index (Phi) is 4.66. The maximum Gasteiger partial charge on any atom is 0.345 e. The zero-order valence-corrected chi connectivity index (χ0v) is 10.6. The number of alkyl halides is 2. The van der Waals surface area contributed by atoms with E-state index in [4.69, 9.17) is 4.74 Å². The van der Waals surface area contributed by atoms with E-state index in [2.05, 4.69) is 9.72 Å². The minimum Gasteiger partial charge on any atom is -0.489 e. The predicted molar refractivity (Wildman–Crippen MR) is 64.0 cm³/mol. The molecule has 0 amide bonds. The Hall–Kier alpha value is -1.27. The van der Waals surface area contributed by atoms with E-state index in [1.807, 2.05) is 6.92 Å². The molecular formula is C13H17F2NO3. The van der Waals surface area contributed by atoms with E-state index in [0.29, 0.717) is 30.7 Å². The van der Waals surface area contributed by atoms with Gasteiger partial charge in [-0.05, 0) is 18.6 Å². The molecule has 1 heterocycles. The molecule has 1 aliphatic rings. The van der Waals surface area contributed by atoms with Crippen LogP contribution in [0.1, 0.15) is 38.0 Å². The van der Waals surface area contributed by atoms with Gasteiger partial charge in [0.2, 0.25) is 0 Å². The van der Waals surface area contributed by atoms with Crippen LogP contribution in [0.5, 0.6) is 5.75 Å². The first-order valence-corrected chi connectivity index (χ1v) is 6.32. The van der Waals surface area contributed by atoms with Crippen molar-refractivity contribution < 1.29 is 23.4 Å². The van der Waals surface area contributed by atoms with Crippen molar-refractivity contribution in [2.24, 2.45) is 0 Å². The van der Waals surface area contributed by atoms with Crippen LogP contribution in [-0.2, 0) is 4.74 Å². The zero-order valence-electron chi connectivity index (χ0n) is 10.6. The summed E-state index contributed by atoms with van der Waals surface area (Å²) in [6.45, 7) is -0.851. The lowest BCUT2D eigenvalue weighted by molar-refractivity contribution is -0.196. The predicted octanol–water partition coefficient (Wildman–Crippen LogP) is 2.67. The van der Waals surface area contributed by atoms with Crippen molar-refractivity contribution in [3.8, 4) is 5.75 Å². The molecule has 0 unspecified atom stereocenters. The quantitative estimate of drug-likeness (QED) is 0.865. The van der Waals surface area contributed by atoms with Gasteiger partial charge in [0, 0.05) is 12.8 Å². The van der Waals surface area contributed by atoms with E-state index in [1.165, 1.54) is 6.20 Å². The molecule has 1 atom stereocenters. The summed E-state index contributed by atoms with van der Waals surface area (Å²) in [4.78, 5) is 4.10. The number of nitrogens with zero attached hydrogens (tertiary/aromatic N) is 1. The van der Waals surface area contributed by atoms with Gasteiger partial charge >= 0.3 is 6.61 Å². The Morgan fingerprint density at radius 1 is 1.37 bits per heavy atom. The van der Waals surface area contributed by atoms with Crippen LogP contribution in [-0.4, -0.2) is 28.9 Å². The first-order valence-electron chi connectivity index (χ1n) is 6.32. The lowest BCUT2D eigenvalue weighted by atomic mass is 9.92. The van der Waals surface area contributed by atoms with Crippen molar-refractivity contribution in [1.29, 1.82) is 0 Å². The van der Waals surface area contributed by atoms with Crippen molar-refractivity contribution >= 4 is 0 Å². The Labute approximate surface area is 110 Å². The molecule has 0 radical (unpaired) electrons. The minimum absolute atomic E-state index is 0.104. The van der Waals surface area contributed by atoms with Gasteiger partial charge in [-0.15, -0.1) is 0 Å². The number of aliphatic hydroxyl groups is 1. The number of hydrogen-bond acceptors (Lipinski definition) is 4. The summed E-state index contributed by atoms with van der Waals surface area (Å²) in [5, 5.41) is 9.59. The van der Waals surface area contributed by atoms with Gasteiger partial charge in [0.05, 0.1) is 24.1 Å². The molecule has 1 N–H and O–H groups in total. The molecule has 0 bridgehead atoms. The van der Waals surface area contributed by atoms with Crippen LogP contribution in [0.4, 0.5) is 8.78 Å². The summed E-state index contributed by atoms with van der Waals surface area (Å²) >= 11 is 0. The van der Waals surface area contributed by atoms with E-state index in [-0.39, 0.29) is 6.10 Å². The standard InChI is InChI=1S/C13H17F2NO3/c1-2-12(17)11-4-3-8(7-16-11)18-9-5-10(6-9)19-13(14)15/h3-4,7,9-10,12-13,17H,2,5-6H2,1H3/t9?,10?,12-/m0/s1. The van der Waals surface area contributed by atoms with Gasteiger partial charge in [-0.1, -0.05) is 6.92 Å². The van der Waals surface area contributed by atoms with E-state index < -0.39 is 18.8 Å². The van der Waals surface area contributed by atoms with Gasteiger partial charge in [-0.25, -0.2) is 0 Å². The van der Waals surface area contributed by atoms with E-state index in [1.54, 1.807) is 12.1 Å². The second-order valence-corrected chi connectivity index (χ2v) is 4.57. The van der Waals surface area contributed by atoms with Gasteiger partial charge in [0.1, 0.15) is 11.9 Å². The molecule has 0 aromatic carbocycles. The molecule has 106 valence electrons. The fourth-order valence-electron chi connectivity index (χ4n) is 1.93. The summed E-state index contributed by atoms with van der Waals surface area (Å²) in [7, 11) is 0. The molecule has 1 aromatic heterocycles. The molecule has 1 fully saturated rings. The molecule has 1 saturated carbocycles. The Balaban J connectivity index is 1.78. The number of aliphatic hydroxyl groups excluding tert-OH is 1. The molecule has 6 heteroatoms. The Bertz CT molecular complexity index is 393. The van der Waals surface area contributed by atoms with Gasteiger partial charge < -0.3 is 14.6 Å².